The normalized spacial score (nSPS) is 9.90. The minimum absolute atomic E-state index is 0.125. The fourth-order valence-electron chi connectivity index (χ4n) is 1.82. The van der Waals surface area contributed by atoms with Crippen molar-refractivity contribution in [2.45, 2.75) is 19.8 Å². The maximum atomic E-state index is 12.0. The average Bonchev–Trinajstić information content (AvgIpc) is 2.98. The van der Waals surface area contributed by atoms with Gasteiger partial charge < -0.3 is 15.2 Å². The summed E-state index contributed by atoms with van der Waals surface area (Å²) in [6.07, 6.45) is 2.51. The molecule has 0 aliphatic rings. The van der Waals surface area contributed by atoms with E-state index in [-0.39, 0.29) is 12.3 Å². The Labute approximate surface area is 122 Å². The molecule has 1 heterocycles. The van der Waals surface area contributed by atoms with Crippen LogP contribution in [0.4, 0.5) is 11.4 Å². The number of carbonyl (C=O) groups is 1. The molecule has 0 radical (unpaired) electrons. The van der Waals surface area contributed by atoms with Crippen LogP contribution in [0.15, 0.2) is 35.1 Å². The molecule has 1 aromatic carbocycles. The van der Waals surface area contributed by atoms with E-state index in [4.69, 9.17) is 9.78 Å². The number of carbonyl (C=O) groups excluding carboxylic acids is 1. The summed E-state index contributed by atoms with van der Waals surface area (Å²) >= 11 is 0. The van der Waals surface area contributed by atoms with E-state index in [2.05, 4.69) is 28.8 Å². The number of rotatable bonds is 6. The SMILES string of the molecule is CCCNc1ccc(C#N)cc1NC(=O)Cc1ccon1. The Morgan fingerprint density at radius 2 is 2.24 bits per heavy atom. The summed E-state index contributed by atoms with van der Waals surface area (Å²) in [5.41, 5.74) is 2.45. The lowest BCUT2D eigenvalue weighted by atomic mass is 10.1. The zero-order chi connectivity index (χ0) is 15.1. The summed E-state index contributed by atoms with van der Waals surface area (Å²) in [7, 11) is 0. The maximum absolute atomic E-state index is 12.0. The van der Waals surface area contributed by atoms with E-state index in [1.807, 2.05) is 0 Å². The fraction of sp³-hybridized carbons (Fsp3) is 0.267. The highest BCUT2D eigenvalue weighted by Crippen LogP contribution is 2.23. The summed E-state index contributed by atoms with van der Waals surface area (Å²) < 4.78 is 4.69. The highest BCUT2D eigenvalue weighted by atomic mass is 16.5. The number of aromatic nitrogens is 1. The fourth-order valence-corrected chi connectivity index (χ4v) is 1.82. The van der Waals surface area contributed by atoms with Crippen LogP contribution in [0, 0.1) is 11.3 Å². The Kier molecular flexibility index (Phi) is 4.94. The van der Waals surface area contributed by atoms with Gasteiger partial charge in [0.2, 0.25) is 5.91 Å². The third-order valence-corrected chi connectivity index (χ3v) is 2.82. The zero-order valence-electron chi connectivity index (χ0n) is 11.7. The van der Waals surface area contributed by atoms with E-state index in [0.717, 1.165) is 18.7 Å². The van der Waals surface area contributed by atoms with Crippen molar-refractivity contribution >= 4 is 17.3 Å². The molecule has 6 heteroatoms. The van der Waals surface area contributed by atoms with E-state index in [9.17, 15) is 4.79 Å². The molecule has 0 unspecified atom stereocenters. The molecule has 0 saturated heterocycles. The number of anilines is 2. The smallest absolute Gasteiger partial charge is 0.230 e. The minimum atomic E-state index is -0.210. The highest BCUT2D eigenvalue weighted by molar-refractivity contribution is 5.95. The van der Waals surface area contributed by atoms with Crippen molar-refractivity contribution in [1.82, 2.24) is 5.16 Å². The second-order valence-electron chi connectivity index (χ2n) is 4.51. The molecule has 1 aromatic heterocycles. The number of nitriles is 1. The van der Waals surface area contributed by atoms with Gasteiger partial charge in [0.15, 0.2) is 0 Å². The summed E-state index contributed by atoms with van der Waals surface area (Å²) in [5.74, 6) is -0.210. The predicted molar refractivity (Wildman–Crippen MR) is 78.8 cm³/mol. The molecule has 0 aliphatic heterocycles. The van der Waals surface area contributed by atoms with Gasteiger partial charge >= 0.3 is 0 Å². The first-order valence-electron chi connectivity index (χ1n) is 6.70. The first-order chi connectivity index (χ1) is 10.2. The van der Waals surface area contributed by atoms with Gasteiger partial charge in [0.05, 0.1) is 35.1 Å². The second kappa shape index (κ2) is 7.10. The Bertz CT molecular complexity index is 644. The van der Waals surface area contributed by atoms with Crippen LogP contribution >= 0.6 is 0 Å². The van der Waals surface area contributed by atoms with Gasteiger partial charge in [0.25, 0.3) is 0 Å². The van der Waals surface area contributed by atoms with Crippen molar-refractivity contribution < 1.29 is 9.32 Å². The van der Waals surface area contributed by atoms with Crippen molar-refractivity contribution in [2.24, 2.45) is 0 Å². The molecule has 0 fully saturated rings. The third-order valence-electron chi connectivity index (χ3n) is 2.82. The molecule has 6 nitrogen and oxygen atoms in total. The van der Waals surface area contributed by atoms with Crippen molar-refractivity contribution in [3.05, 3.63) is 41.8 Å². The molecule has 1 amide bonds. The van der Waals surface area contributed by atoms with Gasteiger partial charge in [-0.25, -0.2) is 0 Å². The van der Waals surface area contributed by atoms with Crippen LogP contribution in [0.1, 0.15) is 24.6 Å². The van der Waals surface area contributed by atoms with Crippen LogP contribution in [-0.2, 0) is 11.2 Å². The molecule has 0 atom stereocenters. The second-order valence-corrected chi connectivity index (χ2v) is 4.51. The Morgan fingerprint density at radius 1 is 1.38 bits per heavy atom. The van der Waals surface area contributed by atoms with E-state index in [0.29, 0.717) is 16.9 Å². The average molecular weight is 284 g/mol. The van der Waals surface area contributed by atoms with E-state index in [1.165, 1.54) is 6.26 Å². The number of hydrogen-bond donors (Lipinski definition) is 2. The summed E-state index contributed by atoms with van der Waals surface area (Å²) in [6, 6.07) is 8.86. The van der Waals surface area contributed by atoms with Crippen molar-refractivity contribution in [2.75, 3.05) is 17.2 Å². The maximum Gasteiger partial charge on any atom is 0.230 e. The third kappa shape index (κ3) is 4.08. The molecule has 21 heavy (non-hydrogen) atoms. The molecule has 108 valence electrons. The summed E-state index contributed by atoms with van der Waals surface area (Å²) in [6.45, 7) is 2.84. The monoisotopic (exact) mass is 284 g/mol. The molecular formula is C15H16N4O2. The summed E-state index contributed by atoms with van der Waals surface area (Å²) in [5, 5.41) is 18.7. The Morgan fingerprint density at radius 3 is 2.90 bits per heavy atom. The first kappa shape index (κ1) is 14.6. The quantitative estimate of drug-likeness (QED) is 0.850. The van der Waals surface area contributed by atoms with Gasteiger partial charge in [-0.1, -0.05) is 12.1 Å². The lowest BCUT2D eigenvalue weighted by Crippen LogP contribution is -2.16. The molecule has 2 rings (SSSR count). The van der Waals surface area contributed by atoms with Crippen LogP contribution in [0.2, 0.25) is 0 Å². The van der Waals surface area contributed by atoms with Gasteiger partial charge in [0, 0.05) is 12.6 Å². The van der Waals surface area contributed by atoms with Crippen LogP contribution in [0.25, 0.3) is 0 Å². The number of amides is 1. The van der Waals surface area contributed by atoms with E-state index < -0.39 is 0 Å². The van der Waals surface area contributed by atoms with Gasteiger partial charge in [0.1, 0.15) is 6.26 Å². The Balaban J connectivity index is 2.12. The highest BCUT2D eigenvalue weighted by Gasteiger charge is 2.10. The Hall–Kier alpha value is -2.81. The van der Waals surface area contributed by atoms with Crippen LogP contribution < -0.4 is 10.6 Å². The number of nitrogens with zero attached hydrogens (tertiary/aromatic N) is 2. The van der Waals surface area contributed by atoms with Crippen molar-refractivity contribution in [3.63, 3.8) is 0 Å². The van der Waals surface area contributed by atoms with E-state index >= 15 is 0 Å². The molecule has 2 aromatic rings. The van der Waals surface area contributed by atoms with Crippen molar-refractivity contribution in [3.8, 4) is 6.07 Å². The molecular weight excluding hydrogens is 268 g/mol. The van der Waals surface area contributed by atoms with Crippen molar-refractivity contribution in [1.29, 1.82) is 5.26 Å². The molecule has 0 aliphatic carbocycles. The molecule has 2 N–H and O–H groups in total. The largest absolute Gasteiger partial charge is 0.383 e. The standard InChI is InChI=1S/C15H16N4O2/c1-2-6-17-13-4-3-11(10-16)8-14(13)18-15(20)9-12-5-7-21-19-12/h3-5,7-8,17H,2,6,9H2,1H3,(H,18,20). The van der Waals surface area contributed by atoms with E-state index in [1.54, 1.807) is 24.3 Å². The lowest BCUT2D eigenvalue weighted by Gasteiger charge is -2.12. The topological polar surface area (TPSA) is 91.0 Å². The van der Waals surface area contributed by atoms with Gasteiger partial charge in [-0.15, -0.1) is 0 Å². The number of benzene rings is 1. The predicted octanol–water partition coefficient (Wildman–Crippen LogP) is 2.55. The van der Waals surface area contributed by atoms with Crippen LogP contribution in [0.5, 0.6) is 0 Å². The van der Waals surface area contributed by atoms with Gasteiger partial charge in [-0.2, -0.15) is 5.26 Å². The minimum Gasteiger partial charge on any atom is -0.383 e. The summed E-state index contributed by atoms with van der Waals surface area (Å²) in [4.78, 5) is 12.0. The van der Waals surface area contributed by atoms with Crippen LogP contribution in [0.3, 0.4) is 0 Å². The molecule has 0 bridgehead atoms. The zero-order valence-corrected chi connectivity index (χ0v) is 11.7. The van der Waals surface area contributed by atoms with Gasteiger partial charge in [-0.05, 0) is 24.6 Å². The van der Waals surface area contributed by atoms with Gasteiger partial charge in [-0.3, -0.25) is 4.79 Å². The number of hydrogen-bond acceptors (Lipinski definition) is 5. The first-order valence-corrected chi connectivity index (χ1v) is 6.70. The van der Waals surface area contributed by atoms with Crippen LogP contribution in [-0.4, -0.2) is 17.6 Å². The molecule has 0 spiro atoms. The number of nitrogens with one attached hydrogen (secondary N) is 2. The lowest BCUT2D eigenvalue weighted by molar-refractivity contribution is -0.115. The molecule has 0 saturated carbocycles.